The van der Waals surface area contributed by atoms with E-state index < -0.39 is 0 Å². The second-order valence-corrected chi connectivity index (χ2v) is 7.43. The predicted molar refractivity (Wildman–Crippen MR) is 108 cm³/mol. The fourth-order valence-corrected chi connectivity index (χ4v) is 4.13. The molecule has 136 valence electrons. The zero-order valence-electron chi connectivity index (χ0n) is 14.9. The molecule has 3 nitrogen and oxygen atoms in total. The van der Waals surface area contributed by atoms with Gasteiger partial charge in [-0.25, -0.2) is 4.39 Å². The van der Waals surface area contributed by atoms with Crippen molar-refractivity contribution in [3.05, 3.63) is 94.7 Å². The maximum Gasteiger partial charge on any atom is 0.268 e. The Bertz CT molecular complexity index is 1080. The highest BCUT2D eigenvalue weighted by atomic mass is 32.1. The minimum Gasteiger partial charge on any atom is -0.344 e. The second-order valence-electron chi connectivity index (χ2n) is 6.53. The van der Waals surface area contributed by atoms with E-state index in [0.717, 1.165) is 21.3 Å². The summed E-state index contributed by atoms with van der Waals surface area (Å²) in [5.41, 5.74) is 2.46. The molecule has 2 aromatic carbocycles. The van der Waals surface area contributed by atoms with Gasteiger partial charge in [0.25, 0.3) is 5.91 Å². The first kappa shape index (κ1) is 17.5. The highest BCUT2D eigenvalue weighted by molar-refractivity contribution is 7.16. The largest absolute Gasteiger partial charge is 0.344 e. The van der Waals surface area contributed by atoms with E-state index in [0.29, 0.717) is 12.2 Å². The summed E-state index contributed by atoms with van der Waals surface area (Å²) in [5, 5.41) is 6.09. The number of hydrogen-bond acceptors (Lipinski definition) is 2. The van der Waals surface area contributed by atoms with Crippen LogP contribution in [0.25, 0.3) is 10.2 Å². The number of aromatic nitrogens is 1. The topological polar surface area (TPSA) is 34.0 Å². The highest BCUT2D eigenvalue weighted by Crippen LogP contribution is 2.27. The van der Waals surface area contributed by atoms with Crippen molar-refractivity contribution < 1.29 is 9.18 Å². The van der Waals surface area contributed by atoms with Crippen molar-refractivity contribution in [2.75, 3.05) is 0 Å². The van der Waals surface area contributed by atoms with Crippen LogP contribution >= 0.6 is 11.3 Å². The SMILES string of the molecule is CC(NC(=O)c1cc2ccsc2n1Cc1cccc(F)c1)c1ccccc1. The lowest BCUT2D eigenvalue weighted by molar-refractivity contribution is 0.0931. The molecule has 1 amide bonds. The monoisotopic (exact) mass is 378 g/mol. The molecule has 4 rings (SSSR count). The molecule has 27 heavy (non-hydrogen) atoms. The van der Waals surface area contributed by atoms with Gasteiger partial charge in [0.2, 0.25) is 0 Å². The third kappa shape index (κ3) is 3.64. The number of halogens is 1. The molecule has 0 bridgehead atoms. The average Bonchev–Trinajstić information content (AvgIpc) is 3.25. The maximum atomic E-state index is 13.6. The Morgan fingerprint density at radius 3 is 2.70 bits per heavy atom. The van der Waals surface area contributed by atoms with E-state index in [1.807, 2.05) is 65.4 Å². The summed E-state index contributed by atoms with van der Waals surface area (Å²) in [6.45, 7) is 2.42. The minimum atomic E-state index is -0.272. The molecule has 0 radical (unpaired) electrons. The highest BCUT2D eigenvalue weighted by Gasteiger charge is 2.19. The van der Waals surface area contributed by atoms with Crippen LogP contribution in [0.2, 0.25) is 0 Å². The molecule has 2 heterocycles. The van der Waals surface area contributed by atoms with Crippen LogP contribution in [0.4, 0.5) is 4.39 Å². The lowest BCUT2D eigenvalue weighted by atomic mass is 10.1. The third-order valence-corrected chi connectivity index (χ3v) is 5.56. The Labute approximate surface area is 161 Å². The molecule has 1 atom stereocenters. The molecule has 0 spiro atoms. The lowest BCUT2D eigenvalue weighted by Crippen LogP contribution is -2.28. The summed E-state index contributed by atoms with van der Waals surface area (Å²) in [7, 11) is 0. The lowest BCUT2D eigenvalue weighted by Gasteiger charge is -2.16. The predicted octanol–water partition coefficient (Wildman–Crippen LogP) is 5.38. The Balaban J connectivity index is 1.65. The van der Waals surface area contributed by atoms with Gasteiger partial charge in [-0.3, -0.25) is 4.79 Å². The van der Waals surface area contributed by atoms with Crippen molar-refractivity contribution >= 4 is 27.5 Å². The van der Waals surface area contributed by atoms with E-state index in [2.05, 4.69) is 5.32 Å². The first-order valence-corrected chi connectivity index (χ1v) is 9.67. The van der Waals surface area contributed by atoms with Crippen LogP contribution in [-0.4, -0.2) is 10.5 Å². The number of carbonyl (C=O) groups is 1. The molecular formula is C22H19FN2OS. The molecule has 2 aromatic heterocycles. The normalized spacial score (nSPS) is 12.2. The fourth-order valence-electron chi connectivity index (χ4n) is 3.23. The molecule has 0 aliphatic heterocycles. The zero-order valence-corrected chi connectivity index (χ0v) is 15.7. The van der Waals surface area contributed by atoms with Crippen LogP contribution in [0.5, 0.6) is 0 Å². The van der Waals surface area contributed by atoms with E-state index in [4.69, 9.17) is 0 Å². The van der Waals surface area contributed by atoms with Gasteiger partial charge in [-0.05, 0) is 47.7 Å². The van der Waals surface area contributed by atoms with Crippen molar-refractivity contribution in [1.82, 2.24) is 9.88 Å². The van der Waals surface area contributed by atoms with Gasteiger partial charge in [0.15, 0.2) is 0 Å². The summed E-state index contributed by atoms with van der Waals surface area (Å²) < 4.78 is 15.5. The number of nitrogens with zero attached hydrogens (tertiary/aromatic N) is 1. The molecule has 1 N–H and O–H groups in total. The third-order valence-electron chi connectivity index (χ3n) is 4.61. The fraction of sp³-hybridized carbons (Fsp3) is 0.136. The number of thiophene rings is 1. The molecular weight excluding hydrogens is 359 g/mol. The standard InChI is InChI=1S/C22H19FN2OS/c1-15(17-7-3-2-4-8-17)24-21(26)20-13-18-10-11-27-22(18)25(20)14-16-6-5-9-19(23)12-16/h2-13,15H,14H2,1H3,(H,24,26). The average molecular weight is 378 g/mol. The van der Waals surface area contributed by atoms with Gasteiger partial charge >= 0.3 is 0 Å². The molecule has 0 aliphatic carbocycles. The Hall–Kier alpha value is -2.92. The smallest absolute Gasteiger partial charge is 0.268 e. The van der Waals surface area contributed by atoms with Crippen molar-refractivity contribution in [2.45, 2.75) is 19.5 Å². The molecule has 1 unspecified atom stereocenters. The van der Waals surface area contributed by atoms with Gasteiger partial charge in [-0.1, -0.05) is 42.5 Å². The summed E-state index contributed by atoms with van der Waals surface area (Å²) in [4.78, 5) is 14.0. The van der Waals surface area contributed by atoms with Crippen LogP contribution in [0.1, 0.15) is 34.6 Å². The summed E-state index contributed by atoms with van der Waals surface area (Å²) >= 11 is 1.58. The number of amides is 1. The number of carbonyl (C=O) groups excluding carboxylic acids is 1. The number of rotatable bonds is 5. The van der Waals surface area contributed by atoms with Gasteiger partial charge in [0.1, 0.15) is 16.3 Å². The number of nitrogens with one attached hydrogen (secondary N) is 1. The first-order valence-electron chi connectivity index (χ1n) is 8.79. The Kier molecular flexibility index (Phi) is 4.77. The summed E-state index contributed by atoms with van der Waals surface area (Å²) in [6.07, 6.45) is 0. The maximum absolute atomic E-state index is 13.6. The summed E-state index contributed by atoms with van der Waals surface area (Å²) in [6, 6.07) is 20.2. The van der Waals surface area contributed by atoms with Crippen LogP contribution in [0.3, 0.4) is 0 Å². The van der Waals surface area contributed by atoms with Crippen molar-refractivity contribution in [1.29, 1.82) is 0 Å². The molecule has 5 heteroatoms. The van der Waals surface area contributed by atoms with Crippen molar-refractivity contribution in [3.8, 4) is 0 Å². The van der Waals surface area contributed by atoms with E-state index in [-0.39, 0.29) is 17.8 Å². The van der Waals surface area contributed by atoms with E-state index in [9.17, 15) is 9.18 Å². The quantitative estimate of drug-likeness (QED) is 0.497. The van der Waals surface area contributed by atoms with E-state index >= 15 is 0 Å². The van der Waals surface area contributed by atoms with E-state index in [1.54, 1.807) is 17.4 Å². The Morgan fingerprint density at radius 1 is 1.11 bits per heavy atom. The van der Waals surface area contributed by atoms with Crippen LogP contribution in [-0.2, 0) is 6.54 Å². The first-order chi connectivity index (χ1) is 13.1. The van der Waals surface area contributed by atoms with Crippen LogP contribution in [0.15, 0.2) is 72.1 Å². The van der Waals surface area contributed by atoms with Gasteiger partial charge in [-0.15, -0.1) is 11.3 Å². The van der Waals surface area contributed by atoms with Crippen LogP contribution in [0, 0.1) is 5.82 Å². The van der Waals surface area contributed by atoms with E-state index in [1.165, 1.54) is 12.1 Å². The molecule has 0 saturated carbocycles. The molecule has 0 fully saturated rings. The van der Waals surface area contributed by atoms with Crippen LogP contribution < -0.4 is 5.32 Å². The summed E-state index contributed by atoms with van der Waals surface area (Å²) in [5.74, 6) is -0.406. The van der Waals surface area contributed by atoms with Gasteiger partial charge in [0, 0.05) is 11.9 Å². The van der Waals surface area contributed by atoms with Gasteiger partial charge < -0.3 is 9.88 Å². The number of fused-ring (bicyclic) bond motifs is 1. The molecule has 0 aliphatic rings. The zero-order chi connectivity index (χ0) is 18.8. The van der Waals surface area contributed by atoms with Gasteiger partial charge in [0.05, 0.1) is 6.04 Å². The number of benzene rings is 2. The molecule has 4 aromatic rings. The van der Waals surface area contributed by atoms with Gasteiger partial charge in [-0.2, -0.15) is 0 Å². The Morgan fingerprint density at radius 2 is 1.93 bits per heavy atom. The minimum absolute atomic E-state index is 0.103. The van der Waals surface area contributed by atoms with Crippen molar-refractivity contribution in [3.63, 3.8) is 0 Å². The second kappa shape index (κ2) is 7.37. The molecule has 0 saturated heterocycles. The number of hydrogen-bond donors (Lipinski definition) is 1. The van der Waals surface area contributed by atoms with Crippen molar-refractivity contribution in [2.24, 2.45) is 0 Å².